The predicted octanol–water partition coefficient (Wildman–Crippen LogP) is 2.54. The van der Waals surface area contributed by atoms with Crippen LogP contribution in [-0.2, 0) is 38.1 Å². The highest BCUT2D eigenvalue weighted by Gasteiger charge is 2.19. The summed E-state index contributed by atoms with van der Waals surface area (Å²) < 4.78 is 19.8. The lowest BCUT2D eigenvalue weighted by Crippen LogP contribution is -2.30. The summed E-state index contributed by atoms with van der Waals surface area (Å²) in [6.45, 7) is 8.29. The highest BCUT2D eigenvalue weighted by Crippen LogP contribution is 2.17. The maximum Gasteiger partial charge on any atom is 0.333 e. The average Bonchev–Trinajstić information content (AvgIpc) is 2.78. The molecule has 0 spiro atoms. The lowest BCUT2D eigenvalue weighted by molar-refractivity contribution is -0.164. The third-order valence-electron chi connectivity index (χ3n) is 4.21. The fraction of sp³-hybridized carbons (Fsp3) is 0.591. The Labute approximate surface area is 187 Å². The van der Waals surface area contributed by atoms with Crippen LogP contribution in [0.2, 0.25) is 0 Å². The van der Waals surface area contributed by atoms with Crippen molar-refractivity contribution in [3.63, 3.8) is 0 Å². The van der Waals surface area contributed by atoms with Crippen LogP contribution in [0.5, 0.6) is 0 Å². The second-order valence-corrected chi connectivity index (χ2v) is 6.95. The molecule has 176 valence electrons. The fourth-order valence-electron chi connectivity index (χ4n) is 2.57. The first-order chi connectivity index (χ1) is 15.3. The molecule has 10 heteroatoms. The number of unbranched alkanes of at least 4 members (excludes halogenated alkanes) is 1. The van der Waals surface area contributed by atoms with E-state index < -0.39 is 24.0 Å². The Morgan fingerprint density at radius 2 is 1.81 bits per heavy atom. The van der Waals surface area contributed by atoms with Crippen molar-refractivity contribution in [1.29, 1.82) is 5.26 Å². The second kappa shape index (κ2) is 18.3. The standard InChI is InChI=1S/C22H30N2O8/c1-4-20(26)30-13-19(14-31-22(28)17(2)3)32-21(27)10-6-5-8-18(12-24-16-25)9-7-11-29-15-23/h4,18-19H,1-2,5-14H2,3H3. The summed E-state index contributed by atoms with van der Waals surface area (Å²) in [5.74, 6) is -1.75. The molecule has 0 saturated carbocycles. The van der Waals surface area contributed by atoms with E-state index in [0.29, 0.717) is 32.4 Å². The van der Waals surface area contributed by atoms with Crippen molar-refractivity contribution in [1.82, 2.24) is 0 Å². The number of nitrogens with zero attached hydrogens (tertiary/aromatic N) is 2. The molecule has 0 radical (unpaired) electrons. The number of esters is 3. The quantitative estimate of drug-likeness (QED) is 0.0585. The Morgan fingerprint density at radius 3 is 2.44 bits per heavy atom. The van der Waals surface area contributed by atoms with Gasteiger partial charge in [-0.05, 0) is 38.5 Å². The van der Waals surface area contributed by atoms with Crippen LogP contribution in [0.3, 0.4) is 0 Å². The fourth-order valence-corrected chi connectivity index (χ4v) is 2.57. The Hall–Kier alpha value is -3.44. The summed E-state index contributed by atoms with van der Waals surface area (Å²) in [5.41, 5.74) is 0.186. The monoisotopic (exact) mass is 450 g/mol. The molecule has 0 aliphatic heterocycles. The summed E-state index contributed by atoms with van der Waals surface area (Å²) in [6, 6.07) is 0. The summed E-state index contributed by atoms with van der Waals surface area (Å²) in [5, 5.41) is 8.38. The topological polar surface area (TPSA) is 141 Å². The first-order valence-corrected chi connectivity index (χ1v) is 10.2. The van der Waals surface area contributed by atoms with Crippen LogP contribution in [0, 0.1) is 17.4 Å². The van der Waals surface area contributed by atoms with Gasteiger partial charge in [-0.15, -0.1) is 0 Å². The van der Waals surface area contributed by atoms with Gasteiger partial charge in [0.15, 0.2) is 6.10 Å². The van der Waals surface area contributed by atoms with Crippen molar-refractivity contribution >= 4 is 24.0 Å². The zero-order valence-corrected chi connectivity index (χ0v) is 18.4. The Morgan fingerprint density at radius 1 is 1.12 bits per heavy atom. The molecule has 0 aliphatic carbocycles. The van der Waals surface area contributed by atoms with Crippen molar-refractivity contribution in [2.45, 2.75) is 51.6 Å². The normalized spacial score (nSPS) is 11.6. The van der Waals surface area contributed by atoms with E-state index in [9.17, 15) is 19.2 Å². The summed E-state index contributed by atoms with van der Waals surface area (Å²) >= 11 is 0. The Bertz CT molecular complexity index is 722. The number of nitriles is 1. The molecule has 0 heterocycles. The van der Waals surface area contributed by atoms with Crippen molar-refractivity contribution in [3.8, 4) is 6.26 Å². The van der Waals surface area contributed by atoms with Crippen LogP contribution in [0.25, 0.3) is 0 Å². The lowest BCUT2D eigenvalue weighted by Gasteiger charge is -2.18. The maximum atomic E-state index is 12.1. The zero-order valence-electron chi connectivity index (χ0n) is 18.4. The highest BCUT2D eigenvalue weighted by molar-refractivity contribution is 5.87. The van der Waals surface area contributed by atoms with Gasteiger partial charge in [-0.3, -0.25) is 4.79 Å². The van der Waals surface area contributed by atoms with E-state index in [-0.39, 0.29) is 31.1 Å². The SMILES string of the molecule is C=CC(=O)OCC(COC(=O)C(=C)C)OC(=O)CCCCC(CCCOC#N)CN=C=O. The molecule has 32 heavy (non-hydrogen) atoms. The van der Waals surface area contributed by atoms with Crippen LogP contribution < -0.4 is 0 Å². The average molecular weight is 450 g/mol. The first-order valence-electron chi connectivity index (χ1n) is 10.2. The number of hydrogen-bond donors (Lipinski definition) is 0. The molecular formula is C22H30N2O8. The van der Waals surface area contributed by atoms with Crippen LogP contribution in [0.4, 0.5) is 0 Å². The van der Waals surface area contributed by atoms with Crippen molar-refractivity contribution < 1.29 is 38.1 Å². The van der Waals surface area contributed by atoms with Gasteiger partial charge in [0.05, 0.1) is 6.54 Å². The van der Waals surface area contributed by atoms with E-state index in [0.717, 1.165) is 18.9 Å². The minimum absolute atomic E-state index is 0.113. The number of aliphatic imine (C=N–C) groups is 1. The van der Waals surface area contributed by atoms with Gasteiger partial charge in [0.25, 0.3) is 6.26 Å². The lowest BCUT2D eigenvalue weighted by atomic mass is 9.96. The Balaban J connectivity index is 4.48. The van der Waals surface area contributed by atoms with Crippen molar-refractivity contribution in [2.75, 3.05) is 26.4 Å². The molecule has 0 aliphatic rings. The number of carbonyl (C=O) groups excluding carboxylic acids is 4. The van der Waals surface area contributed by atoms with Gasteiger partial charge in [-0.25, -0.2) is 19.4 Å². The molecule has 2 atom stereocenters. The molecule has 0 bridgehead atoms. The number of hydrogen-bond acceptors (Lipinski definition) is 10. The number of ether oxygens (including phenoxy) is 4. The zero-order chi connectivity index (χ0) is 24.2. The number of carbonyl (C=O) groups is 3. The minimum Gasteiger partial charge on any atom is -0.458 e. The van der Waals surface area contributed by atoms with Crippen LogP contribution in [0.15, 0.2) is 29.8 Å². The summed E-state index contributed by atoms with van der Waals surface area (Å²) in [6.07, 6.45) is 6.56. The van der Waals surface area contributed by atoms with Crippen molar-refractivity contribution in [3.05, 3.63) is 24.8 Å². The molecule has 0 aromatic carbocycles. The third kappa shape index (κ3) is 15.4. The summed E-state index contributed by atoms with van der Waals surface area (Å²) in [4.78, 5) is 48.9. The van der Waals surface area contributed by atoms with E-state index in [1.165, 1.54) is 13.0 Å². The highest BCUT2D eigenvalue weighted by atomic mass is 16.6. The van der Waals surface area contributed by atoms with Crippen LogP contribution in [0.1, 0.15) is 45.4 Å². The molecule has 0 aromatic rings. The molecule has 10 nitrogen and oxygen atoms in total. The van der Waals surface area contributed by atoms with Gasteiger partial charge in [-0.1, -0.05) is 19.6 Å². The largest absolute Gasteiger partial charge is 0.458 e. The van der Waals surface area contributed by atoms with Gasteiger partial charge >= 0.3 is 17.9 Å². The van der Waals surface area contributed by atoms with E-state index in [2.05, 4.69) is 22.9 Å². The predicted molar refractivity (Wildman–Crippen MR) is 113 cm³/mol. The molecule has 0 amide bonds. The van der Waals surface area contributed by atoms with Gasteiger partial charge < -0.3 is 18.9 Å². The van der Waals surface area contributed by atoms with Crippen molar-refractivity contribution in [2.24, 2.45) is 10.9 Å². The van der Waals surface area contributed by atoms with Gasteiger partial charge in [0.2, 0.25) is 6.08 Å². The van der Waals surface area contributed by atoms with E-state index in [4.69, 9.17) is 19.5 Å². The van der Waals surface area contributed by atoms with E-state index >= 15 is 0 Å². The smallest absolute Gasteiger partial charge is 0.333 e. The molecule has 0 N–H and O–H groups in total. The van der Waals surface area contributed by atoms with Crippen LogP contribution in [-0.4, -0.2) is 56.5 Å². The molecule has 2 unspecified atom stereocenters. The molecule has 0 fully saturated rings. The number of isocyanates is 1. The van der Waals surface area contributed by atoms with E-state index in [1.54, 1.807) is 6.26 Å². The second-order valence-electron chi connectivity index (χ2n) is 6.95. The maximum absolute atomic E-state index is 12.1. The van der Waals surface area contributed by atoms with E-state index in [1.807, 2.05) is 0 Å². The Kier molecular flexibility index (Phi) is 16.4. The van der Waals surface area contributed by atoms with Gasteiger partial charge in [0.1, 0.15) is 19.8 Å². The van der Waals surface area contributed by atoms with Gasteiger partial charge in [0, 0.05) is 18.1 Å². The molecule has 0 rings (SSSR count). The van der Waals surface area contributed by atoms with Gasteiger partial charge in [-0.2, -0.15) is 5.26 Å². The first kappa shape index (κ1) is 28.6. The molecular weight excluding hydrogens is 420 g/mol. The number of rotatable bonds is 18. The molecule has 0 saturated heterocycles. The minimum atomic E-state index is -0.954. The summed E-state index contributed by atoms with van der Waals surface area (Å²) in [7, 11) is 0. The third-order valence-corrected chi connectivity index (χ3v) is 4.21. The van der Waals surface area contributed by atoms with Crippen LogP contribution >= 0.6 is 0 Å². The molecule has 0 aromatic heterocycles.